The SMILES string of the molecule is COc1ccc2cc(C(=O)CC3(CC(=O)O)CCCCC3)ccc2c1. The van der Waals surface area contributed by atoms with E-state index in [1.165, 1.54) is 0 Å². The van der Waals surface area contributed by atoms with Gasteiger partial charge in [0.2, 0.25) is 0 Å². The predicted octanol–water partition coefficient (Wildman–Crippen LogP) is 4.85. The molecule has 4 nitrogen and oxygen atoms in total. The fourth-order valence-corrected chi connectivity index (χ4v) is 4.01. The molecule has 0 spiro atoms. The van der Waals surface area contributed by atoms with Gasteiger partial charge in [-0.3, -0.25) is 9.59 Å². The summed E-state index contributed by atoms with van der Waals surface area (Å²) in [6, 6.07) is 11.4. The lowest BCUT2D eigenvalue weighted by atomic mass is 9.68. The molecule has 25 heavy (non-hydrogen) atoms. The van der Waals surface area contributed by atoms with E-state index >= 15 is 0 Å². The molecule has 1 fully saturated rings. The largest absolute Gasteiger partial charge is 0.497 e. The number of fused-ring (bicyclic) bond motifs is 1. The van der Waals surface area contributed by atoms with Gasteiger partial charge in [0.05, 0.1) is 13.5 Å². The second-order valence-corrected chi connectivity index (χ2v) is 7.16. The van der Waals surface area contributed by atoms with Crippen LogP contribution in [0.2, 0.25) is 0 Å². The number of rotatable bonds is 6. The molecule has 3 rings (SSSR count). The van der Waals surface area contributed by atoms with Crippen LogP contribution in [0.5, 0.6) is 5.75 Å². The number of aliphatic carboxylic acids is 1. The van der Waals surface area contributed by atoms with Crippen LogP contribution in [0, 0.1) is 5.41 Å². The maximum atomic E-state index is 12.8. The molecule has 2 aromatic rings. The highest BCUT2D eigenvalue weighted by Crippen LogP contribution is 2.43. The number of hydrogen-bond acceptors (Lipinski definition) is 3. The number of Topliss-reactive ketones (excluding diaryl/α,β-unsaturated/α-hetero) is 1. The second kappa shape index (κ2) is 7.26. The minimum Gasteiger partial charge on any atom is -0.497 e. The summed E-state index contributed by atoms with van der Waals surface area (Å²) in [5.74, 6) is 0.0235. The van der Waals surface area contributed by atoms with Crippen molar-refractivity contribution in [2.45, 2.75) is 44.9 Å². The number of ketones is 1. The number of carbonyl (C=O) groups is 2. The molecule has 4 heteroatoms. The third-order valence-corrected chi connectivity index (χ3v) is 5.35. The molecule has 0 bridgehead atoms. The maximum absolute atomic E-state index is 12.8. The lowest BCUT2D eigenvalue weighted by Crippen LogP contribution is -2.30. The summed E-state index contributed by atoms with van der Waals surface area (Å²) >= 11 is 0. The van der Waals surface area contributed by atoms with Crippen molar-refractivity contribution in [1.82, 2.24) is 0 Å². The summed E-state index contributed by atoms with van der Waals surface area (Å²) in [6.45, 7) is 0. The molecule has 0 atom stereocenters. The van der Waals surface area contributed by atoms with Crippen molar-refractivity contribution in [2.24, 2.45) is 5.41 Å². The minimum atomic E-state index is -0.805. The van der Waals surface area contributed by atoms with Crippen molar-refractivity contribution < 1.29 is 19.4 Å². The monoisotopic (exact) mass is 340 g/mol. The van der Waals surface area contributed by atoms with E-state index in [4.69, 9.17) is 4.74 Å². The van der Waals surface area contributed by atoms with Gasteiger partial charge in [0, 0.05) is 12.0 Å². The Morgan fingerprint density at radius 3 is 2.36 bits per heavy atom. The highest BCUT2D eigenvalue weighted by molar-refractivity contribution is 6.00. The van der Waals surface area contributed by atoms with Gasteiger partial charge in [-0.2, -0.15) is 0 Å². The summed E-state index contributed by atoms with van der Waals surface area (Å²) in [6.07, 6.45) is 5.22. The zero-order valence-electron chi connectivity index (χ0n) is 14.6. The van der Waals surface area contributed by atoms with Crippen LogP contribution >= 0.6 is 0 Å². The first-order chi connectivity index (χ1) is 12.0. The molecule has 1 N–H and O–H groups in total. The zero-order chi connectivity index (χ0) is 17.9. The first-order valence-electron chi connectivity index (χ1n) is 8.84. The average Bonchev–Trinajstić information content (AvgIpc) is 2.60. The van der Waals surface area contributed by atoms with Crippen molar-refractivity contribution >= 4 is 22.5 Å². The first kappa shape index (κ1) is 17.5. The summed E-state index contributed by atoms with van der Waals surface area (Å²) in [7, 11) is 1.63. The second-order valence-electron chi connectivity index (χ2n) is 7.16. The minimum absolute atomic E-state index is 0.0425. The molecular weight excluding hydrogens is 316 g/mol. The van der Waals surface area contributed by atoms with Gasteiger partial charge < -0.3 is 9.84 Å². The molecule has 1 saturated carbocycles. The van der Waals surface area contributed by atoms with Crippen LogP contribution in [-0.2, 0) is 4.79 Å². The van der Waals surface area contributed by atoms with Crippen molar-refractivity contribution in [3.63, 3.8) is 0 Å². The molecule has 1 aliphatic rings. The lowest BCUT2D eigenvalue weighted by molar-refractivity contribution is -0.140. The number of hydrogen-bond donors (Lipinski definition) is 1. The normalized spacial score (nSPS) is 16.5. The predicted molar refractivity (Wildman–Crippen MR) is 97.2 cm³/mol. The van der Waals surface area contributed by atoms with E-state index in [9.17, 15) is 14.7 Å². The molecular formula is C21H24O4. The Morgan fingerprint density at radius 1 is 1.00 bits per heavy atom. The highest BCUT2D eigenvalue weighted by atomic mass is 16.5. The van der Waals surface area contributed by atoms with Gasteiger partial charge in [-0.05, 0) is 47.2 Å². The summed E-state index contributed by atoms with van der Waals surface area (Å²) < 4.78 is 5.23. The Bertz CT molecular complexity index is 788. The van der Waals surface area contributed by atoms with Crippen molar-refractivity contribution in [1.29, 1.82) is 0 Å². The van der Waals surface area contributed by atoms with Gasteiger partial charge in [0.25, 0.3) is 0 Å². The Morgan fingerprint density at radius 2 is 1.68 bits per heavy atom. The van der Waals surface area contributed by atoms with Crippen molar-refractivity contribution in [3.8, 4) is 5.75 Å². The average molecular weight is 340 g/mol. The molecule has 0 aromatic heterocycles. The van der Waals surface area contributed by atoms with E-state index in [0.717, 1.165) is 48.6 Å². The molecule has 0 unspecified atom stereocenters. The first-order valence-corrected chi connectivity index (χ1v) is 8.84. The summed E-state index contributed by atoms with van der Waals surface area (Å²) in [4.78, 5) is 24.2. The summed E-state index contributed by atoms with van der Waals surface area (Å²) in [5, 5.41) is 11.3. The molecule has 0 saturated heterocycles. The Balaban J connectivity index is 1.83. The standard InChI is InChI=1S/C21H24O4/c1-25-18-8-7-15-11-17(6-5-16(15)12-18)19(22)13-21(14-20(23)24)9-3-2-4-10-21/h5-8,11-12H,2-4,9-10,13-14H2,1H3,(H,23,24). The third kappa shape index (κ3) is 4.01. The van der Waals surface area contributed by atoms with E-state index in [2.05, 4.69) is 0 Å². The van der Waals surface area contributed by atoms with Gasteiger partial charge in [-0.25, -0.2) is 0 Å². The van der Waals surface area contributed by atoms with Crippen LogP contribution in [0.3, 0.4) is 0 Å². The number of benzene rings is 2. The molecule has 1 aliphatic carbocycles. The molecule has 0 aliphatic heterocycles. The van der Waals surface area contributed by atoms with Gasteiger partial charge in [0.1, 0.15) is 5.75 Å². The van der Waals surface area contributed by atoms with Gasteiger partial charge in [0.15, 0.2) is 5.78 Å². The fourth-order valence-electron chi connectivity index (χ4n) is 4.01. The van der Waals surface area contributed by atoms with Crippen LogP contribution in [-0.4, -0.2) is 24.0 Å². The van der Waals surface area contributed by atoms with E-state index < -0.39 is 5.97 Å². The lowest BCUT2D eigenvalue weighted by Gasteiger charge is -2.35. The van der Waals surface area contributed by atoms with Gasteiger partial charge in [-0.15, -0.1) is 0 Å². The smallest absolute Gasteiger partial charge is 0.303 e. The van der Waals surface area contributed by atoms with E-state index in [1.54, 1.807) is 7.11 Å². The van der Waals surface area contributed by atoms with Crippen LogP contribution in [0.15, 0.2) is 36.4 Å². The Hall–Kier alpha value is -2.36. The van der Waals surface area contributed by atoms with Gasteiger partial charge in [-0.1, -0.05) is 37.5 Å². The highest BCUT2D eigenvalue weighted by Gasteiger charge is 2.36. The maximum Gasteiger partial charge on any atom is 0.303 e. The Kier molecular flexibility index (Phi) is 5.07. The van der Waals surface area contributed by atoms with Crippen molar-refractivity contribution in [3.05, 3.63) is 42.0 Å². The number of carboxylic acids is 1. The van der Waals surface area contributed by atoms with E-state index in [0.29, 0.717) is 12.0 Å². The van der Waals surface area contributed by atoms with Crippen LogP contribution in [0.4, 0.5) is 0 Å². The molecule has 0 radical (unpaired) electrons. The van der Waals surface area contributed by atoms with E-state index in [1.807, 2.05) is 36.4 Å². The van der Waals surface area contributed by atoms with Crippen LogP contribution < -0.4 is 4.74 Å². The Labute approximate surface area is 147 Å². The van der Waals surface area contributed by atoms with Gasteiger partial charge >= 0.3 is 5.97 Å². The van der Waals surface area contributed by atoms with Crippen molar-refractivity contribution in [2.75, 3.05) is 7.11 Å². The number of ether oxygens (including phenoxy) is 1. The van der Waals surface area contributed by atoms with Crippen LogP contribution in [0.1, 0.15) is 55.3 Å². The zero-order valence-corrected chi connectivity index (χ0v) is 14.6. The van der Waals surface area contributed by atoms with Crippen LogP contribution in [0.25, 0.3) is 10.8 Å². The molecule has 132 valence electrons. The van der Waals surface area contributed by atoms with E-state index in [-0.39, 0.29) is 17.6 Å². The number of carbonyl (C=O) groups excluding carboxylic acids is 1. The molecule has 0 heterocycles. The molecule has 0 amide bonds. The number of methoxy groups -OCH3 is 1. The number of carboxylic acid groups (broad SMARTS) is 1. The third-order valence-electron chi connectivity index (χ3n) is 5.35. The topological polar surface area (TPSA) is 63.6 Å². The molecule has 2 aromatic carbocycles. The fraction of sp³-hybridized carbons (Fsp3) is 0.429. The quantitative estimate of drug-likeness (QED) is 0.764. The summed E-state index contributed by atoms with van der Waals surface area (Å²) in [5.41, 5.74) is 0.281.